The highest BCUT2D eigenvalue weighted by Gasteiger charge is 2.33. The minimum absolute atomic E-state index is 0. The second-order valence-corrected chi connectivity index (χ2v) is 7.67. The lowest BCUT2D eigenvalue weighted by atomic mass is 9.98. The van der Waals surface area contributed by atoms with Gasteiger partial charge in [-0.1, -0.05) is 38.1 Å². The van der Waals surface area contributed by atoms with Gasteiger partial charge in [0.25, 0.3) is 0 Å². The van der Waals surface area contributed by atoms with Gasteiger partial charge in [0.1, 0.15) is 0 Å². The summed E-state index contributed by atoms with van der Waals surface area (Å²) in [5.41, 5.74) is 2.74. The molecule has 0 spiro atoms. The molecule has 2 atom stereocenters. The van der Waals surface area contributed by atoms with Crippen molar-refractivity contribution in [1.29, 1.82) is 0 Å². The van der Waals surface area contributed by atoms with E-state index in [1.54, 1.807) is 0 Å². The maximum Gasteiger partial charge on any atom is 0.191 e. The summed E-state index contributed by atoms with van der Waals surface area (Å²) in [5.74, 6) is 2.59. The third-order valence-corrected chi connectivity index (χ3v) is 5.39. The van der Waals surface area contributed by atoms with E-state index in [2.05, 4.69) is 58.6 Å². The molecule has 2 unspecified atom stereocenters. The lowest BCUT2D eigenvalue weighted by Gasteiger charge is -2.30. The van der Waals surface area contributed by atoms with E-state index in [0.717, 1.165) is 30.9 Å². The number of rotatable bonds is 5. The van der Waals surface area contributed by atoms with Gasteiger partial charge >= 0.3 is 0 Å². The van der Waals surface area contributed by atoms with Crippen molar-refractivity contribution in [2.75, 3.05) is 20.1 Å². The molecule has 140 valence electrons. The number of likely N-dealkylation sites (tertiary alicyclic amines) is 1. The summed E-state index contributed by atoms with van der Waals surface area (Å²) in [6, 6.07) is 9.56. The van der Waals surface area contributed by atoms with Crippen LogP contribution in [-0.4, -0.2) is 37.0 Å². The first-order valence-corrected chi connectivity index (χ1v) is 9.41. The maximum absolute atomic E-state index is 4.33. The van der Waals surface area contributed by atoms with E-state index in [0.29, 0.717) is 6.04 Å². The van der Waals surface area contributed by atoms with Crippen molar-refractivity contribution in [2.45, 2.75) is 52.2 Å². The lowest BCUT2D eigenvalue weighted by molar-refractivity contribution is 0.185. The first-order chi connectivity index (χ1) is 11.6. The van der Waals surface area contributed by atoms with Gasteiger partial charge in [-0.25, -0.2) is 0 Å². The Balaban J connectivity index is 0.00000225. The van der Waals surface area contributed by atoms with Crippen LogP contribution in [0.25, 0.3) is 0 Å². The van der Waals surface area contributed by atoms with Crippen molar-refractivity contribution in [3.8, 4) is 0 Å². The fraction of sp³-hybridized carbons (Fsp3) is 0.650. The van der Waals surface area contributed by atoms with Crippen LogP contribution in [0.5, 0.6) is 0 Å². The molecule has 1 aromatic carbocycles. The predicted molar refractivity (Wildman–Crippen MR) is 116 cm³/mol. The normalized spacial score (nSPS) is 24.5. The van der Waals surface area contributed by atoms with Crippen LogP contribution in [0.3, 0.4) is 0 Å². The maximum atomic E-state index is 4.33. The summed E-state index contributed by atoms with van der Waals surface area (Å²) in [7, 11) is 1.84. The monoisotopic (exact) mass is 456 g/mol. The number of halogens is 1. The van der Waals surface area contributed by atoms with Crippen LogP contribution in [0.4, 0.5) is 0 Å². The van der Waals surface area contributed by atoms with E-state index in [4.69, 9.17) is 0 Å². The number of nitrogens with zero attached hydrogens (tertiary/aromatic N) is 2. The van der Waals surface area contributed by atoms with Crippen molar-refractivity contribution in [2.24, 2.45) is 16.8 Å². The minimum Gasteiger partial charge on any atom is -0.353 e. The molecule has 3 rings (SSSR count). The number of benzene rings is 1. The molecule has 0 amide bonds. The predicted octanol–water partition coefficient (Wildman–Crippen LogP) is 3.61. The Morgan fingerprint density at radius 3 is 2.52 bits per heavy atom. The molecule has 2 fully saturated rings. The van der Waals surface area contributed by atoms with Gasteiger partial charge in [-0.15, -0.1) is 24.0 Å². The largest absolute Gasteiger partial charge is 0.353 e. The highest BCUT2D eigenvalue weighted by molar-refractivity contribution is 14.0. The summed E-state index contributed by atoms with van der Waals surface area (Å²) in [4.78, 5) is 6.91. The smallest absolute Gasteiger partial charge is 0.191 e. The summed E-state index contributed by atoms with van der Waals surface area (Å²) in [5, 5.41) is 6.92. The average molecular weight is 456 g/mol. The molecular weight excluding hydrogens is 423 g/mol. The van der Waals surface area contributed by atoms with Crippen LogP contribution in [0, 0.1) is 11.8 Å². The molecule has 1 heterocycles. The van der Waals surface area contributed by atoms with Gasteiger partial charge < -0.3 is 10.6 Å². The zero-order valence-corrected chi connectivity index (χ0v) is 18.1. The molecule has 0 radical (unpaired) electrons. The number of nitrogens with one attached hydrogen (secondary N) is 2. The van der Waals surface area contributed by atoms with E-state index in [1.807, 2.05) is 7.05 Å². The average Bonchev–Trinajstić information content (AvgIpc) is 3.29. The number of aliphatic imine (C=N–C) groups is 1. The first kappa shape index (κ1) is 20.5. The molecule has 25 heavy (non-hydrogen) atoms. The van der Waals surface area contributed by atoms with Gasteiger partial charge in [0.15, 0.2) is 5.96 Å². The molecule has 2 aliphatic rings. The zero-order chi connectivity index (χ0) is 16.9. The SMILES string of the molecule is CN=C(NCc1cccc(CN2CCC(C)CC2)c1)NC1CC1C.I. The van der Waals surface area contributed by atoms with Gasteiger partial charge in [0.05, 0.1) is 0 Å². The second-order valence-electron chi connectivity index (χ2n) is 7.67. The van der Waals surface area contributed by atoms with Gasteiger partial charge in [-0.3, -0.25) is 9.89 Å². The van der Waals surface area contributed by atoms with Gasteiger partial charge in [-0.05, 0) is 55.3 Å². The van der Waals surface area contributed by atoms with Crippen LogP contribution >= 0.6 is 24.0 Å². The van der Waals surface area contributed by atoms with Crippen molar-refractivity contribution in [1.82, 2.24) is 15.5 Å². The van der Waals surface area contributed by atoms with Crippen LogP contribution in [-0.2, 0) is 13.1 Å². The zero-order valence-electron chi connectivity index (χ0n) is 15.8. The highest BCUT2D eigenvalue weighted by atomic mass is 127. The number of piperidine rings is 1. The number of hydrogen-bond acceptors (Lipinski definition) is 2. The fourth-order valence-corrected chi connectivity index (χ4v) is 3.40. The molecule has 1 saturated heterocycles. The second kappa shape index (κ2) is 9.76. The summed E-state index contributed by atoms with van der Waals surface area (Å²) in [6.45, 7) is 9.01. The standard InChI is InChI=1S/C20H32N4.HI/c1-15-7-9-24(10-8-15)14-18-6-4-5-17(12-18)13-22-20(21-3)23-19-11-16(19)2;/h4-6,12,15-16,19H,7-11,13-14H2,1-3H3,(H2,21,22,23);1H. The Bertz CT molecular complexity index is 567. The third kappa shape index (κ3) is 6.44. The molecule has 0 aromatic heterocycles. The first-order valence-electron chi connectivity index (χ1n) is 9.41. The quantitative estimate of drug-likeness (QED) is 0.404. The van der Waals surface area contributed by atoms with Gasteiger partial charge in [0.2, 0.25) is 0 Å². The Morgan fingerprint density at radius 1 is 1.20 bits per heavy atom. The minimum atomic E-state index is 0. The molecule has 0 bridgehead atoms. The molecule has 5 heteroatoms. The number of hydrogen-bond donors (Lipinski definition) is 2. The molecule has 1 saturated carbocycles. The van der Waals surface area contributed by atoms with Crippen molar-refractivity contribution >= 4 is 29.9 Å². The van der Waals surface area contributed by atoms with E-state index in [9.17, 15) is 0 Å². The molecular formula is C20H33IN4. The molecule has 1 aliphatic carbocycles. The third-order valence-electron chi connectivity index (χ3n) is 5.39. The Morgan fingerprint density at radius 2 is 1.88 bits per heavy atom. The summed E-state index contributed by atoms with van der Waals surface area (Å²) in [6.07, 6.45) is 3.93. The Labute approximate surface area is 169 Å². The molecule has 1 aliphatic heterocycles. The van der Waals surface area contributed by atoms with Crippen molar-refractivity contribution in [3.63, 3.8) is 0 Å². The van der Waals surface area contributed by atoms with E-state index in [-0.39, 0.29) is 24.0 Å². The summed E-state index contributed by atoms with van der Waals surface area (Å²) >= 11 is 0. The number of guanidine groups is 1. The van der Waals surface area contributed by atoms with Crippen LogP contribution < -0.4 is 10.6 Å². The highest BCUT2D eigenvalue weighted by Crippen LogP contribution is 2.28. The van der Waals surface area contributed by atoms with Crippen LogP contribution in [0.2, 0.25) is 0 Å². The van der Waals surface area contributed by atoms with E-state index in [1.165, 1.54) is 43.5 Å². The Hall–Kier alpha value is -0.820. The lowest BCUT2D eigenvalue weighted by Crippen LogP contribution is -2.38. The van der Waals surface area contributed by atoms with Crippen LogP contribution in [0.15, 0.2) is 29.3 Å². The van der Waals surface area contributed by atoms with Crippen LogP contribution in [0.1, 0.15) is 44.2 Å². The molecule has 4 nitrogen and oxygen atoms in total. The van der Waals surface area contributed by atoms with Gasteiger partial charge in [-0.2, -0.15) is 0 Å². The van der Waals surface area contributed by atoms with Gasteiger partial charge in [0, 0.05) is 26.2 Å². The molecule has 2 N–H and O–H groups in total. The topological polar surface area (TPSA) is 39.7 Å². The summed E-state index contributed by atoms with van der Waals surface area (Å²) < 4.78 is 0. The van der Waals surface area contributed by atoms with E-state index >= 15 is 0 Å². The Kier molecular flexibility index (Phi) is 8.00. The van der Waals surface area contributed by atoms with Crippen molar-refractivity contribution in [3.05, 3.63) is 35.4 Å². The van der Waals surface area contributed by atoms with Crippen molar-refractivity contribution < 1.29 is 0 Å². The fourth-order valence-electron chi connectivity index (χ4n) is 3.40. The molecule has 1 aromatic rings. The van der Waals surface area contributed by atoms with E-state index < -0.39 is 0 Å².